The van der Waals surface area contributed by atoms with Crippen molar-refractivity contribution in [1.29, 1.82) is 0 Å². The third-order valence-corrected chi connectivity index (χ3v) is 3.03. The fraction of sp³-hybridized carbons (Fsp3) is 0.250. The molecule has 2 aromatic carbocycles. The number of halogens is 3. The highest BCUT2D eigenvalue weighted by Crippen LogP contribution is 2.30. The van der Waals surface area contributed by atoms with Crippen molar-refractivity contribution < 1.29 is 17.9 Å². The molecule has 0 bridgehead atoms. The van der Waals surface area contributed by atoms with Gasteiger partial charge in [0.15, 0.2) is 0 Å². The lowest BCUT2D eigenvalue weighted by molar-refractivity contribution is -0.137. The Morgan fingerprint density at radius 1 is 1.00 bits per heavy atom. The SMILES string of the molecule is NCCc1ccccc1OCc1cccc(C(F)(F)F)c1. The van der Waals surface area contributed by atoms with Gasteiger partial charge in [-0.3, -0.25) is 0 Å². The van der Waals surface area contributed by atoms with Crippen LogP contribution in [0.25, 0.3) is 0 Å². The third-order valence-electron chi connectivity index (χ3n) is 3.03. The smallest absolute Gasteiger partial charge is 0.416 e. The van der Waals surface area contributed by atoms with Crippen LogP contribution in [0.2, 0.25) is 0 Å². The van der Waals surface area contributed by atoms with Crippen molar-refractivity contribution in [2.75, 3.05) is 6.54 Å². The number of rotatable bonds is 5. The molecule has 0 aromatic heterocycles. The van der Waals surface area contributed by atoms with Crippen LogP contribution < -0.4 is 10.5 Å². The molecule has 0 saturated carbocycles. The van der Waals surface area contributed by atoms with Crippen LogP contribution in [0, 0.1) is 0 Å². The number of alkyl halides is 3. The summed E-state index contributed by atoms with van der Waals surface area (Å²) in [5.41, 5.74) is 6.29. The van der Waals surface area contributed by atoms with Gasteiger partial charge in [-0.1, -0.05) is 30.3 Å². The average molecular weight is 295 g/mol. The Bertz CT molecular complexity index is 596. The van der Waals surface area contributed by atoms with E-state index in [9.17, 15) is 13.2 Å². The van der Waals surface area contributed by atoms with Crippen LogP contribution in [0.3, 0.4) is 0 Å². The van der Waals surface area contributed by atoms with Gasteiger partial charge in [0.05, 0.1) is 5.56 Å². The summed E-state index contributed by atoms with van der Waals surface area (Å²) in [6.45, 7) is 0.579. The summed E-state index contributed by atoms with van der Waals surface area (Å²) in [6, 6.07) is 12.5. The molecule has 112 valence electrons. The van der Waals surface area contributed by atoms with E-state index in [0.717, 1.165) is 17.7 Å². The molecular weight excluding hydrogens is 279 g/mol. The lowest BCUT2D eigenvalue weighted by atomic mass is 10.1. The zero-order chi connectivity index (χ0) is 15.3. The maximum Gasteiger partial charge on any atom is 0.416 e. The van der Waals surface area contributed by atoms with Crippen molar-refractivity contribution in [3.63, 3.8) is 0 Å². The van der Waals surface area contributed by atoms with Crippen LogP contribution in [0.5, 0.6) is 5.75 Å². The zero-order valence-electron chi connectivity index (χ0n) is 11.4. The van der Waals surface area contributed by atoms with Crippen molar-refractivity contribution >= 4 is 0 Å². The fourth-order valence-corrected chi connectivity index (χ4v) is 2.01. The number of nitrogens with two attached hydrogens (primary N) is 1. The van der Waals surface area contributed by atoms with Gasteiger partial charge in [0.25, 0.3) is 0 Å². The Kier molecular flexibility index (Phi) is 4.85. The molecular formula is C16H16F3NO. The minimum atomic E-state index is -4.34. The van der Waals surface area contributed by atoms with Gasteiger partial charge in [0.1, 0.15) is 12.4 Å². The van der Waals surface area contributed by atoms with E-state index >= 15 is 0 Å². The summed E-state index contributed by atoms with van der Waals surface area (Å²) in [5, 5.41) is 0. The van der Waals surface area contributed by atoms with Crippen LogP contribution >= 0.6 is 0 Å². The molecule has 0 aliphatic carbocycles. The maximum atomic E-state index is 12.6. The summed E-state index contributed by atoms with van der Waals surface area (Å²) >= 11 is 0. The van der Waals surface area contributed by atoms with Gasteiger partial charge in [-0.25, -0.2) is 0 Å². The summed E-state index contributed by atoms with van der Waals surface area (Å²) < 4.78 is 43.5. The molecule has 0 unspecified atom stereocenters. The Morgan fingerprint density at radius 2 is 1.76 bits per heavy atom. The van der Waals surface area contributed by atoms with Gasteiger partial charge in [-0.15, -0.1) is 0 Å². The van der Waals surface area contributed by atoms with E-state index in [4.69, 9.17) is 10.5 Å². The van der Waals surface area contributed by atoms with Crippen molar-refractivity contribution in [2.24, 2.45) is 5.73 Å². The Labute approximate surface area is 121 Å². The standard InChI is InChI=1S/C16H16F3NO/c17-16(18,19)14-6-3-4-12(10-14)11-21-15-7-2-1-5-13(15)8-9-20/h1-7,10H,8-9,11,20H2. The molecule has 0 spiro atoms. The highest BCUT2D eigenvalue weighted by atomic mass is 19.4. The second-order valence-electron chi connectivity index (χ2n) is 4.63. The maximum absolute atomic E-state index is 12.6. The molecule has 21 heavy (non-hydrogen) atoms. The lowest BCUT2D eigenvalue weighted by Gasteiger charge is -2.12. The minimum absolute atomic E-state index is 0.0888. The molecule has 0 aliphatic heterocycles. The first kappa shape index (κ1) is 15.4. The Morgan fingerprint density at radius 3 is 2.48 bits per heavy atom. The van der Waals surface area contributed by atoms with E-state index < -0.39 is 11.7 Å². The first-order valence-corrected chi connectivity index (χ1v) is 6.57. The van der Waals surface area contributed by atoms with Crippen LogP contribution in [-0.4, -0.2) is 6.54 Å². The normalized spacial score (nSPS) is 11.4. The summed E-state index contributed by atoms with van der Waals surface area (Å²) in [7, 11) is 0. The van der Waals surface area contributed by atoms with Crippen molar-refractivity contribution in [1.82, 2.24) is 0 Å². The van der Waals surface area contributed by atoms with Crippen LogP contribution in [0.1, 0.15) is 16.7 Å². The Balaban J connectivity index is 2.10. The molecule has 0 atom stereocenters. The largest absolute Gasteiger partial charge is 0.489 e. The number of hydrogen-bond acceptors (Lipinski definition) is 2. The number of benzene rings is 2. The van der Waals surface area contributed by atoms with E-state index in [0.29, 0.717) is 24.3 Å². The molecule has 2 N–H and O–H groups in total. The minimum Gasteiger partial charge on any atom is -0.489 e. The molecule has 0 saturated heterocycles. The van der Waals surface area contributed by atoms with E-state index in [2.05, 4.69) is 0 Å². The van der Waals surface area contributed by atoms with E-state index in [1.54, 1.807) is 12.1 Å². The molecule has 2 nitrogen and oxygen atoms in total. The number of hydrogen-bond donors (Lipinski definition) is 1. The van der Waals surface area contributed by atoms with Gasteiger partial charge in [-0.2, -0.15) is 13.2 Å². The molecule has 0 fully saturated rings. The van der Waals surface area contributed by atoms with Crippen molar-refractivity contribution in [2.45, 2.75) is 19.2 Å². The van der Waals surface area contributed by atoms with Crippen molar-refractivity contribution in [3.05, 3.63) is 65.2 Å². The van der Waals surface area contributed by atoms with Crippen LogP contribution in [-0.2, 0) is 19.2 Å². The summed E-state index contributed by atoms with van der Waals surface area (Å²) in [4.78, 5) is 0. The number of ether oxygens (including phenoxy) is 1. The fourth-order valence-electron chi connectivity index (χ4n) is 2.01. The van der Waals surface area contributed by atoms with Gasteiger partial charge in [0, 0.05) is 0 Å². The van der Waals surface area contributed by atoms with Crippen LogP contribution in [0.15, 0.2) is 48.5 Å². The first-order chi connectivity index (χ1) is 10.0. The zero-order valence-corrected chi connectivity index (χ0v) is 11.4. The highest BCUT2D eigenvalue weighted by molar-refractivity contribution is 5.34. The highest BCUT2D eigenvalue weighted by Gasteiger charge is 2.30. The molecule has 2 aromatic rings. The molecule has 2 rings (SSSR count). The van der Waals surface area contributed by atoms with Gasteiger partial charge in [-0.05, 0) is 42.3 Å². The molecule has 5 heteroatoms. The molecule has 0 radical (unpaired) electrons. The quantitative estimate of drug-likeness (QED) is 0.911. The Hall–Kier alpha value is -2.01. The van der Waals surface area contributed by atoms with E-state index in [1.807, 2.05) is 18.2 Å². The van der Waals surface area contributed by atoms with Gasteiger partial charge < -0.3 is 10.5 Å². The van der Waals surface area contributed by atoms with Gasteiger partial charge in [0.2, 0.25) is 0 Å². The third kappa shape index (κ3) is 4.23. The topological polar surface area (TPSA) is 35.2 Å². The molecule has 0 amide bonds. The average Bonchev–Trinajstić information content (AvgIpc) is 2.46. The van der Waals surface area contributed by atoms with Crippen LogP contribution in [0.4, 0.5) is 13.2 Å². The van der Waals surface area contributed by atoms with E-state index in [-0.39, 0.29) is 6.61 Å². The van der Waals surface area contributed by atoms with E-state index in [1.165, 1.54) is 6.07 Å². The molecule has 0 aliphatic rings. The predicted molar refractivity (Wildman–Crippen MR) is 75.0 cm³/mol. The monoisotopic (exact) mass is 295 g/mol. The number of para-hydroxylation sites is 1. The first-order valence-electron chi connectivity index (χ1n) is 6.57. The van der Waals surface area contributed by atoms with Gasteiger partial charge >= 0.3 is 6.18 Å². The van der Waals surface area contributed by atoms with Crippen molar-refractivity contribution in [3.8, 4) is 5.75 Å². The second kappa shape index (κ2) is 6.63. The summed E-state index contributed by atoms with van der Waals surface area (Å²) in [6.07, 6.45) is -3.67. The second-order valence-corrected chi connectivity index (χ2v) is 4.63. The molecule has 0 heterocycles. The predicted octanol–water partition coefficient (Wildman–Crippen LogP) is 3.79. The lowest BCUT2D eigenvalue weighted by Crippen LogP contribution is -2.07. The summed E-state index contributed by atoms with van der Waals surface area (Å²) in [5.74, 6) is 0.653.